The van der Waals surface area contributed by atoms with E-state index >= 15 is 0 Å². The fourth-order valence-electron chi connectivity index (χ4n) is 2.51. The van der Waals surface area contributed by atoms with E-state index in [0.717, 1.165) is 12.8 Å². The first-order valence-electron chi connectivity index (χ1n) is 5.30. The molecule has 1 aliphatic rings. The molecule has 1 fully saturated rings. The molecule has 1 saturated carbocycles. The molecule has 0 amide bonds. The Balaban J connectivity index is 2.70. The Kier molecular flexibility index (Phi) is 3.03. The second kappa shape index (κ2) is 3.58. The van der Waals surface area contributed by atoms with Crippen LogP contribution < -0.4 is 5.73 Å². The summed E-state index contributed by atoms with van der Waals surface area (Å²) in [4.78, 5) is 0. The molecule has 0 spiro atoms. The van der Waals surface area contributed by atoms with E-state index in [0.29, 0.717) is 6.54 Å². The minimum absolute atomic E-state index is 0.114. The molecular weight excluding hydrogens is 162 g/mol. The van der Waals surface area contributed by atoms with Crippen molar-refractivity contribution < 1.29 is 5.11 Å². The molecule has 3 N–H and O–H groups in total. The molecule has 78 valence electrons. The van der Waals surface area contributed by atoms with Crippen molar-refractivity contribution in [3.05, 3.63) is 0 Å². The highest BCUT2D eigenvalue weighted by molar-refractivity contribution is 4.94. The van der Waals surface area contributed by atoms with Gasteiger partial charge in [0.15, 0.2) is 0 Å². The lowest BCUT2D eigenvalue weighted by atomic mass is 9.70. The highest BCUT2D eigenvalue weighted by atomic mass is 16.3. The highest BCUT2D eigenvalue weighted by Gasteiger charge is 2.43. The molecular formula is C11H23NO. The van der Waals surface area contributed by atoms with Gasteiger partial charge in [-0.1, -0.05) is 33.6 Å². The van der Waals surface area contributed by atoms with Crippen molar-refractivity contribution in [2.24, 2.45) is 16.6 Å². The third-order valence-corrected chi connectivity index (χ3v) is 3.67. The van der Waals surface area contributed by atoms with Gasteiger partial charge in [0.05, 0.1) is 6.10 Å². The number of rotatable bonds is 3. The molecule has 0 aromatic rings. The van der Waals surface area contributed by atoms with Gasteiger partial charge in [0.1, 0.15) is 0 Å². The van der Waals surface area contributed by atoms with Gasteiger partial charge >= 0.3 is 0 Å². The van der Waals surface area contributed by atoms with Crippen molar-refractivity contribution in [1.29, 1.82) is 0 Å². The van der Waals surface area contributed by atoms with E-state index in [2.05, 4.69) is 20.8 Å². The van der Waals surface area contributed by atoms with Crippen LogP contribution >= 0.6 is 0 Å². The van der Waals surface area contributed by atoms with Crippen LogP contribution in [0.3, 0.4) is 0 Å². The zero-order valence-electron chi connectivity index (χ0n) is 9.14. The van der Waals surface area contributed by atoms with Crippen molar-refractivity contribution in [3.63, 3.8) is 0 Å². The van der Waals surface area contributed by atoms with Crippen molar-refractivity contribution in [1.82, 2.24) is 0 Å². The van der Waals surface area contributed by atoms with E-state index in [9.17, 15) is 5.11 Å². The second-order valence-corrected chi connectivity index (χ2v) is 5.46. The molecule has 2 nitrogen and oxygen atoms in total. The highest BCUT2D eigenvalue weighted by Crippen LogP contribution is 2.45. The number of aliphatic hydroxyl groups excluding tert-OH is 1. The van der Waals surface area contributed by atoms with E-state index in [1.807, 2.05) is 0 Å². The van der Waals surface area contributed by atoms with E-state index in [1.165, 1.54) is 12.8 Å². The predicted octanol–water partition coefficient (Wildman–Crippen LogP) is 1.91. The molecule has 0 heterocycles. The summed E-state index contributed by atoms with van der Waals surface area (Å²) >= 11 is 0. The number of nitrogens with two attached hydrogens (primary N) is 1. The Morgan fingerprint density at radius 2 is 1.85 bits per heavy atom. The number of aliphatic hydroxyl groups is 1. The Morgan fingerprint density at radius 1 is 1.38 bits per heavy atom. The lowest BCUT2D eigenvalue weighted by molar-refractivity contribution is -0.0425. The van der Waals surface area contributed by atoms with Gasteiger partial charge in [-0.25, -0.2) is 0 Å². The van der Waals surface area contributed by atoms with E-state index in [4.69, 9.17) is 5.73 Å². The van der Waals surface area contributed by atoms with Gasteiger partial charge in [-0.3, -0.25) is 0 Å². The summed E-state index contributed by atoms with van der Waals surface area (Å²) in [5.74, 6) is 0. The summed E-state index contributed by atoms with van der Waals surface area (Å²) in [6, 6.07) is 0. The second-order valence-electron chi connectivity index (χ2n) is 5.46. The predicted molar refractivity (Wildman–Crippen MR) is 55.4 cm³/mol. The Bertz CT molecular complexity index is 171. The maximum absolute atomic E-state index is 10.3. The van der Waals surface area contributed by atoms with Crippen LogP contribution in [0.5, 0.6) is 0 Å². The van der Waals surface area contributed by atoms with Gasteiger partial charge < -0.3 is 10.8 Å². The minimum atomic E-state index is -0.257. The standard InChI is InChI=1S/C11H23NO/c1-10(2,8-12)9(13)11(3)6-4-5-7-11/h9,13H,4-8,12H2,1-3H3. The van der Waals surface area contributed by atoms with Crippen molar-refractivity contribution >= 4 is 0 Å². The maximum Gasteiger partial charge on any atom is 0.0656 e. The Morgan fingerprint density at radius 3 is 2.23 bits per heavy atom. The fraction of sp³-hybridized carbons (Fsp3) is 1.00. The molecule has 0 radical (unpaired) electrons. The fourth-order valence-corrected chi connectivity index (χ4v) is 2.51. The van der Waals surface area contributed by atoms with Crippen molar-refractivity contribution in [2.75, 3.05) is 6.54 Å². The zero-order valence-corrected chi connectivity index (χ0v) is 9.14. The molecule has 0 aromatic carbocycles. The van der Waals surface area contributed by atoms with Crippen LogP contribution in [0.4, 0.5) is 0 Å². The molecule has 0 bridgehead atoms. The first-order valence-corrected chi connectivity index (χ1v) is 5.30. The Labute approximate surface area is 81.5 Å². The summed E-state index contributed by atoms with van der Waals surface area (Å²) in [5.41, 5.74) is 5.65. The van der Waals surface area contributed by atoms with Gasteiger partial charge in [0.25, 0.3) is 0 Å². The number of hydrogen-bond donors (Lipinski definition) is 2. The average molecular weight is 185 g/mol. The number of hydrogen-bond acceptors (Lipinski definition) is 2. The third kappa shape index (κ3) is 2.05. The molecule has 13 heavy (non-hydrogen) atoms. The van der Waals surface area contributed by atoms with Crippen LogP contribution in [0.25, 0.3) is 0 Å². The van der Waals surface area contributed by atoms with Crippen LogP contribution in [0.1, 0.15) is 46.5 Å². The van der Waals surface area contributed by atoms with Crippen LogP contribution in [-0.2, 0) is 0 Å². The SMILES string of the molecule is CC(C)(CN)C(O)C1(C)CCCC1. The average Bonchev–Trinajstić information content (AvgIpc) is 2.52. The summed E-state index contributed by atoms with van der Waals surface area (Å²) in [5, 5.41) is 10.3. The van der Waals surface area contributed by atoms with Crippen LogP contribution in [0, 0.1) is 10.8 Å². The van der Waals surface area contributed by atoms with E-state index < -0.39 is 0 Å². The lowest BCUT2D eigenvalue weighted by Crippen LogP contribution is -2.45. The van der Waals surface area contributed by atoms with Crippen molar-refractivity contribution in [2.45, 2.75) is 52.6 Å². The minimum Gasteiger partial charge on any atom is -0.392 e. The third-order valence-electron chi connectivity index (χ3n) is 3.67. The summed E-state index contributed by atoms with van der Waals surface area (Å²) in [6.07, 6.45) is 4.56. The topological polar surface area (TPSA) is 46.2 Å². The molecule has 1 aliphatic carbocycles. The quantitative estimate of drug-likeness (QED) is 0.705. The van der Waals surface area contributed by atoms with Crippen LogP contribution in [-0.4, -0.2) is 17.8 Å². The van der Waals surface area contributed by atoms with Crippen LogP contribution in [0.2, 0.25) is 0 Å². The molecule has 1 unspecified atom stereocenters. The molecule has 0 saturated heterocycles. The van der Waals surface area contributed by atoms with Gasteiger partial charge in [-0.2, -0.15) is 0 Å². The smallest absolute Gasteiger partial charge is 0.0656 e. The maximum atomic E-state index is 10.3. The molecule has 1 atom stereocenters. The molecule has 2 heteroatoms. The van der Waals surface area contributed by atoms with Crippen molar-refractivity contribution in [3.8, 4) is 0 Å². The van der Waals surface area contributed by atoms with Gasteiger partial charge in [-0.15, -0.1) is 0 Å². The summed E-state index contributed by atoms with van der Waals surface area (Å²) in [6.45, 7) is 6.87. The first kappa shape index (κ1) is 11.0. The van der Waals surface area contributed by atoms with Gasteiger partial charge in [0.2, 0.25) is 0 Å². The lowest BCUT2D eigenvalue weighted by Gasteiger charge is -2.40. The normalized spacial score (nSPS) is 24.7. The summed E-state index contributed by atoms with van der Waals surface area (Å²) in [7, 11) is 0. The van der Waals surface area contributed by atoms with Gasteiger partial charge in [-0.05, 0) is 24.8 Å². The first-order chi connectivity index (χ1) is 5.92. The van der Waals surface area contributed by atoms with Gasteiger partial charge in [0, 0.05) is 5.41 Å². The van der Waals surface area contributed by atoms with E-state index in [-0.39, 0.29) is 16.9 Å². The summed E-state index contributed by atoms with van der Waals surface area (Å²) < 4.78 is 0. The zero-order chi connectivity index (χ0) is 10.1. The monoisotopic (exact) mass is 185 g/mol. The largest absolute Gasteiger partial charge is 0.392 e. The molecule has 1 rings (SSSR count). The van der Waals surface area contributed by atoms with E-state index in [1.54, 1.807) is 0 Å². The molecule has 0 aliphatic heterocycles. The molecule has 0 aromatic heterocycles. The Hall–Kier alpha value is -0.0800. The van der Waals surface area contributed by atoms with Crippen LogP contribution in [0.15, 0.2) is 0 Å².